The highest BCUT2D eigenvalue weighted by Gasteiger charge is 2.14. The molecule has 0 saturated carbocycles. The standard InChI is InChI=1S/C22H18N2O3/c1-14-7-3-4-8-16(14)22-24-18-13-15(11-12-20(18)27-22)23-21(25)17-9-5-6-10-19(17)26-2/h3-13H,1-2H3,(H,23,25). The number of nitrogens with zero attached hydrogens (tertiary/aromatic N) is 1. The molecule has 27 heavy (non-hydrogen) atoms. The fourth-order valence-electron chi connectivity index (χ4n) is 2.96. The van der Waals surface area contributed by atoms with Gasteiger partial charge in [-0.3, -0.25) is 4.79 Å². The molecule has 0 aliphatic carbocycles. The van der Waals surface area contributed by atoms with E-state index in [1.807, 2.05) is 43.3 Å². The number of hydrogen-bond donors (Lipinski definition) is 1. The Morgan fingerprint density at radius 1 is 1.04 bits per heavy atom. The fraction of sp³-hybridized carbons (Fsp3) is 0.0909. The molecule has 5 heteroatoms. The number of ether oxygens (including phenoxy) is 1. The van der Waals surface area contributed by atoms with Crippen LogP contribution in [0.25, 0.3) is 22.6 Å². The van der Waals surface area contributed by atoms with Crippen molar-refractivity contribution in [3.63, 3.8) is 0 Å². The summed E-state index contributed by atoms with van der Waals surface area (Å²) in [6.45, 7) is 2.02. The van der Waals surface area contributed by atoms with E-state index in [9.17, 15) is 4.79 Å². The molecule has 0 aliphatic heterocycles. The van der Waals surface area contributed by atoms with E-state index in [1.165, 1.54) is 0 Å². The van der Waals surface area contributed by atoms with Gasteiger partial charge in [-0.05, 0) is 48.9 Å². The molecule has 4 rings (SSSR count). The van der Waals surface area contributed by atoms with Crippen molar-refractivity contribution < 1.29 is 13.9 Å². The van der Waals surface area contributed by atoms with Gasteiger partial charge < -0.3 is 14.5 Å². The van der Waals surface area contributed by atoms with Gasteiger partial charge in [0.2, 0.25) is 5.89 Å². The van der Waals surface area contributed by atoms with Crippen molar-refractivity contribution in [3.8, 4) is 17.2 Å². The Balaban J connectivity index is 1.64. The first-order valence-corrected chi connectivity index (χ1v) is 8.56. The number of rotatable bonds is 4. The third-order valence-corrected chi connectivity index (χ3v) is 4.37. The Morgan fingerprint density at radius 3 is 2.63 bits per heavy atom. The first-order valence-electron chi connectivity index (χ1n) is 8.56. The summed E-state index contributed by atoms with van der Waals surface area (Å²) in [6.07, 6.45) is 0. The van der Waals surface area contributed by atoms with Gasteiger partial charge in [0.15, 0.2) is 5.58 Å². The Bertz CT molecular complexity index is 1130. The number of hydrogen-bond acceptors (Lipinski definition) is 4. The summed E-state index contributed by atoms with van der Waals surface area (Å²) in [4.78, 5) is 17.1. The van der Waals surface area contributed by atoms with Crippen molar-refractivity contribution in [1.82, 2.24) is 4.98 Å². The van der Waals surface area contributed by atoms with Gasteiger partial charge >= 0.3 is 0 Å². The number of benzene rings is 3. The fourth-order valence-corrected chi connectivity index (χ4v) is 2.96. The molecule has 0 saturated heterocycles. The summed E-state index contributed by atoms with van der Waals surface area (Å²) in [5.74, 6) is 0.852. The summed E-state index contributed by atoms with van der Waals surface area (Å²) in [6, 6.07) is 20.4. The zero-order chi connectivity index (χ0) is 18.8. The van der Waals surface area contributed by atoms with Crippen molar-refractivity contribution in [2.45, 2.75) is 6.92 Å². The van der Waals surface area contributed by atoms with E-state index in [-0.39, 0.29) is 5.91 Å². The van der Waals surface area contributed by atoms with E-state index in [0.29, 0.717) is 34.0 Å². The highest BCUT2D eigenvalue weighted by Crippen LogP contribution is 2.28. The number of aryl methyl sites for hydroxylation is 1. The van der Waals surface area contributed by atoms with E-state index >= 15 is 0 Å². The molecule has 1 N–H and O–H groups in total. The van der Waals surface area contributed by atoms with Crippen LogP contribution in [0.5, 0.6) is 5.75 Å². The average molecular weight is 358 g/mol. The second kappa shape index (κ2) is 6.96. The van der Waals surface area contributed by atoms with Crippen LogP contribution in [0, 0.1) is 6.92 Å². The predicted molar refractivity (Wildman–Crippen MR) is 105 cm³/mol. The molecule has 0 unspecified atom stereocenters. The van der Waals surface area contributed by atoms with Gasteiger partial charge in [-0.1, -0.05) is 30.3 Å². The van der Waals surface area contributed by atoms with Crippen LogP contribution >= 0.6 is 0 Å². The molecule has 5 nitrogen and oxygen atoms in total. The molecule has 0 spiro atoms. The van der Waals surface area contributed by atoms with Gasteiger partial charge in [0, 0.05) is 11.3 Å². The molecule has 1 aromatic heterocycles. The molecular formula is C22H18N2O3. The Labute approximate surface area is 156 Å². The van der Waals surface area contributed by atoms with Crippen LogP contribution in [0.2, 0.25) is 0 Å². The van der Waals surface area contributed by atoms with Gasteiger partial charge in [-0.25, -0.2) is 4.98 Å². The maximum Gasteiger partial charge on any atom is 0.259 e. The maximum absolute atomic E-state index is 12.6. The van der Waals surface area contributed by atoms with Crippen molar-refractivity contribution in [1.29, 1.82) is 0 Å². The molecular weight excluding hydrogens is 340 g/mol. The van der Waals surface area contributed by atoms with Crippen LogP contribution in [0.1, 0.15) is 15.9 Å². The normalized spacial score (nSPS) is 10.7. The van der Waals surface area contributed by atoms with E-state index in [1.54, 1.807) is 37.4 Å². The number of fused-ring (bicyclic) bond motifs is 1. The minimum absolute atomic E-state index is 0.241. The van der Waals surface area contributed by atoms with Gasteiger partial charge in [-0.15, -0.1) is 0 Å². The third kappa shape index (κ3) is 3.27. The monoisotopic (exact) mass is 358 g/mol. The van der Waals surface area contributed by atoms with Crippen LogP contribution in [-0.2, 0) is 0 Å². The highest BCUT2D eigenvalue weighted by molar-refractivity contribution is 6.06. The van der Waals surface area contributed by atoms with Gasteiger partial charge in [0.25, 0.3) is 5.91 Å². The van der Waals surface area contributed by atoms with Crippen LogP contribution in [0.3, 0.4) is 0 Å². The molecule has 0 fully saturated rings. The molecule has 0 bridgehead atoms. The van der Waals surface area contributed by atoms with Crippen molar-refractivity contribution >= 4 is 22.7 Å². The number of para-hydroxylation sites is 1. The lowest BCUT2D eigenvalue weighted by Gasteiger charge is -2.08. The second-order valence-corrected chi connectivity index (χ2v) is 6.17. The number of methoxy groups -OCH3 is 1. The Hall–Kier alpha value is -3.60. The van der Waals surface area contributed by atoms with Crippen LogP contribution in [0.15, 0.2) is 71.1 Å². The predicted octanol–water partition coefficient (Wildman–Crippen LogP) is 5.06. The van der Waals surface area contributed by atoms with Crippen molar-refractivity contribution in [3.05, 3.63) is 77.9 Å². The largest absolute Gasteiger partial charge is 0.496 e. The van der Waals surface area contributed by atoms with Crippen molar-refractivity contribution in [2.24, 2.45) is 0 Å². The number of nitrogens with one attached hydrogen (secondary N) is 1. The summed E-state index contributed by atoms with van der Waals surface area (Å²) < 4.78 is 11.1. The van der Waals surface area contributed by atoms with E-state index in [2.05, 4.69) is 10.3 Å². The molecule has 3 aromatic carbocycles. The zero-order valence-corrected chi connectivity index (χ0v) is 15.0. The third-order valence-electron chi connectivity index (χ3n) is 4.37. The van der Waals surface area contributed by atoms with Crippen LogP contribution < -0.4 is 10.1 Å². The Kier molecular flexibility index (Phi) is 4.34. The number of carbonyl (C=O) groups is 1. The molecule has 0 radical (unpaired) electrons. The number of anilines is 1. The molecule has 134 valence electrons. The summed E-state index contributed by atoms with van der Waals surface area (Å²) in [7, 11) is 1.54. The number of carbonyl (C=O) groups excluding carboxylic acids is 1. The SMILES string of the molecule is COc1ccccc1C(=O)Nc1ccc2oc(-c3ccccc3C)nc2c1. The van der Waals surface area contributed by atoms with Crippen LogP contribution in [0.4, 0.5) is 5.69 Å². The van der Waals surface area contributed by atoms with Gasteiger partial charge in [0.1, 0.15) is 11.3 Å². The lowest BCUT2D eigenvalue weighted by Crippen LogP contribution is -2.13. The minimum Gasteiger partial charge on any atom is -0.496 e. The molecule has 4 aromatic rings. The van der Waals surface area contributed by atoms with Gasteiger partial charge in [-0.2, -0.15) is 0 Å². The summed E-state index contributed by atoms with van der Waals surface area (Å²) in [5.41, 5.74) is 4.51. The maximum atomic E-state index is 12.6. The average Bonchev–Trinajstić information content (AvgIpc) is 3.11. The first-order chi connectivity index (χ1) is 13.2. The number of oxazole rings is 1. The van der Waals surface area contributed by atoms with E-state index in [0.717, 1.165) is 11.1 Å². The number of amides is 1. The second-order valence-electron chi connectivity index (χ2n) is 6.17. The van der Waals surface area contributed by atoms with E-state index in [4.69, 9.17) is 9.15 Å². The lowest BCUT2D eigenvalue weighted by molar-refractivity contribution is 0.102. The molecule has 1 amide bonds. The zero-order valence-electron chi connectivity index (χ0n) is 15.0. The molecule has 0 atom stereocenters. The number of aromatic nitrogens is 1. The summed E-state index contributed by atoms with van der Waals surface area (Å²) >= 11 is 0. The highest BCUT2D eigenvalue weighted by atomic mass is 16.5. The lowest BCUT2D eigenvalue weighted by atomic mass is 10.1. The molecule has 1 heterocycles. The Morgan fingerprint density at radius 2 is 1.81 bits per heavy atom. The molecule has 0 aliphatic rings. The van der Waals surface area contributed by atoms with Crippen LogP contribution in [-0.4, -0.2) is 18.0 Å². The minimum atomic E-state index is -0.241. The quantitative estimate of drug-likeness (QED) is 0.553. The van der Waals surface area contributed by atoms with Crippen molar-refractivity contribution in [2.75, 3.05) is 12.4 Å². The smallest absolute Gasteiger partial charge is 0.259 e. The summed E-state index contributed by atoms with van der Waals surface area (Å²) in [5, 5.41) is 2.88. The van der Waals surface area contributed by atoms with Gasteiger partial charge in [0.05, 0.1) is 12.7 Å². The topological polar surface area (TPSA) is 64.4 Å². The van der Waals surface area contributed by atoms with E-state index < -0.39 is 0 Å². The first kappa shape index (κ1) is 16.8.